The van der Waals surface area contributed by atoms with E-state index in [2.05, 4.69) is 40.6 Å². The standard InChI is InChI=1S/C25H28N4O4/c1-14-4-5-15(29-12-16(13-29)28(2)3)10-18(14)23(31)27-25(8-9-25)20-7-6-17(24(32)33)22-19(20)11-21(30)26-22/h4-7,10,16H,8-9,11-13H2,1-3H3,(H,26,30)(H,27,31)(H,32,33). The summed E-state index contributed by atoms with van der Waals surface area (Å²) < 4.78 is 0. The Kier molecular flexibility index (Phi) is 4.93. The quantitative estimate of drug-likeness (QED) is 0.627. The molecule has 0 spiro atoms. The summed E-state index contributed by atoms with van der Waals surface area (Å²) in [7, 11) is 4.15. The largest absolute Gasteiger partial charge is 0.478 e. The van der Waals surface area contributed by atoms with E-state index in [1.807, 2.05) is 19.1 Å². The van der Waals surface area contributed by atoms with Gasteiger partial charge in [-0.25, -0.2) is 4.79 Å². The van der Waals surface area contributed by atoms with E-state index in [0.29, 0.717) is 22.9 Å². The van der Waals surface area contributed by atoms with Crippen LogP contribution in [-0.4, -0.2) is 61.0 Å². The number of carboxylic acid groups (broad SMARTS) is 1. The molecule has 1 aliphatic carbocycles. The van der Waals surface area contributed by atoms with E-state index in [-0.39, 0.29) is 23.8 Å². The predicted molar refractivity (Wildman–Crippen MR) is 125 cm³/mol. The van der Waals surface area contributed by atoms with Crippen molar-refractivity contribution in [2.45, 2.75) is 37.8 Å². The van der Waals surface area contributed by atoms with Crippen LogP contribution in [0.1, 0.15) is 50.2 Å². The molecule has 1 saturated carbocycles. The number of carbonyl (C=O) groups excluding carboxylic acids is 2. The molecule has 33 heavy (non-hydrogen) atoms. The van der Waals surface area contributed by atoms with Crippen LogP contribution in [0, 0.1) is 6.92 Å². The summed E-state index contributed by atoms with van der Waals surface area (Å²) in [4.78, 5) is 41.5. The number of anilines is 2. The number of carboxylic acids is 1. The highest BCUT2D eigenvalue weighted by Gasteiger charge is 2.48. The molecule has 8 nitrogen and oxygen atoms in total. The summed E-state index contributed by atoms with van der Waals surface area (Å²) in [5.74, 6) is -1.45. The first-order valence-corrected chi connectivity index (χ1v) is 11.2. The lowest BCUT2D eigenvalue weighted by molar-refractivity contribution is -0.115. The molecule has 0 aromatic heterocycles. The van der Waals surface area contributed by atoms with Crippen LogP contribution in [0.4, 0.5) is 11.4 Å². The Labute approximate surface area is 192 Å². The summed E-state index contributed by atoms with van der Waals surface area (Å²) in [6.07, 6.45) is 1.63. The Bertz CT molecular complexity index is 1180. The van der Waals surface area contributed by atoms with Crippen LogP contribution >= 0.6 is 0 Å². The van der Waals surface area contributed by atoms with Crippen molar-refractivity contribution in [2.75, 3.05) is 37.4 Å². The second-order valence-electron chi connectivity index (χ2n) is 9.60. The molecule has 172 valence electrons. The van der Waals surface area contributed by atoms with Gasteiger partial charge in [-0.3, -0.25) is 9.59 Å². The number of hydrogen-bond acceptors (Lipinski definition) is 5. The molecule has 3 N–H and O–H groups in total. The zero-order chi connectivity index (χ0) is 23.5. The number of amides is 2. The highest BCUT2D eigenvalue weighted by molar-refractivity contribution is 6.07. The Morgan fingerprint density at radius 1 is 1.15 bits per heavy atom. The maximum Gasteiger partial charge on any atom is 0.337 e. The van der Waals surface area contributed by atoms with Gasteiger partial charge in [0.05, 0.1) is 23.2 Å². The molecular weight excluding hydrogens is 420 g/mol. The topological polar surface area (TPSA) is 102 Å². The number of aromatic carboxylic acids is 1. The van der Waals surface area contributed by atoms with Crippen LogP contribution in [0.25, 0.3) is 0 Å². The van der Waals surface area contributed by atoms with Crippen molar-refractivity contribution in [1.82, 2.24) is 10.2 Å². The molecule has 0 radical (unpaired) electrons. The molecule has 2 aliphatic heterocycles. The third-order valence-electron chi connectivity index (χ3n) is 7.19. The van der Waals surface area contributed by atoms with Crippen LogP contribution in [-0.2, 0) is 16.8 Å². The minimum absolute atomic E-state index is 0.0795. The van der Waals surface area contributed by atoms with Crippen molar-refractivity contribution in [2.24, 2.45) is 0 Å². The molecule has 2 aromatic carbocycles. The SMILES string of the molecule is Cc1ccc(N2CC(N(C)C)C2)cc1C(=O)NC1(c2ccc(C(=O)O)c3c2CC(=O)N3)CC1. The van der Waals surface area contributed by atoms with Crippen LogP contribution in [0.2, 0.25) is 0 Å². The van der Waals surface area contributed by atoms with Gasteiger partial charge in [-0.1, -0.05) is 12.1 Å². The van der Waals surface area contributed by atoms with E-state index in [1.54, 1.807) is 6.07 Å². The summed E-state index contributed by atoms with van der Waals surface area (Å²) in [6.45, 7) is 3.80. The lowest BCUT2D eigenvalue weighted by atomic mass is 9.93. The molecule has 0 bridgehead atoms. The van der Waals surface area contributed by atoms with Gasteiger partial charge in [0, 0.05) is 30.4 Å². The second kappa shape index (κ2) is 7.59. The minimum atomic E-state index is -1.08. The molecule has 2 amide bonds. The number of aryl methyl sites for hydroxylation is 1. The summed E-state index contributed by atoms with van der Waals surface area (Å²) in [6, 6.07) is 9.78. The van der Waals surface area contributed by atoms with E-state index in [4.69, 9.17) is 0 Å². The third kappa shape index (κ3) is 3.64. The number of rotatable bonds is 6. The maximum atomic E-state index is 13.4. The van der Waals surface area contributed by atoms with Gasteiger partial charge < -0.3 is 25.5 Å². The zero-order valence-electron chi connectivity index (χ0n) is 19.1. The summed E-state index contributed by atoms with van der Waals surface area (Å²) in [5, 5.41) is 15.4. The average Bonchev–Trinajstić information content (AvgIpc) is 3.37. The minimum Gasteiger partial charge on any atom is -0.478 e. The highest BCUT2D eigenvalue weighted by atomic mass is 16.4. The smallest absolute Gasteiger partial charge is 0.337 e. The number of likely N-dealkylation sites (N-methyl/N-ethyl adjacent to an activating group) is 1. The van der Waals surface area contributed by atoms with Gasteiger partial charge >= 0.3 is 5.97 Å². The van der Waals surface area contributed by atoms with E-state index < -0.39 is 11.5 Å². The molecule has 0 unspecified atom stereocenters. The monoisotopic (exact) mass is 448 g/mol. The molecule has 2 fully saturated rings. The van der Waals surface area contributed by atoms with Crippen molar-refractivity contribution >= 4 is 29.2 Å². The lowest BCUT2D eigenvalue weighted by Crippen LogP contribution is -2.57. The Hall–Kier alpha value is -3.39. The van der Waals surface area contributed by atoms with Crippen LogP contribution < -0.4 is 15.5 Å². The van der Waals surface area contributed by atoms with Gasteiger partial charge in [0.1, 0.15) is 0 Å². The highest BCUT2D eigenvalue weighted by Crippen LogP contribution is 2.49. The van der Waals surface area contributed by atoms with Crippen molar-refractivity contribution in [3.8, 4) is 0 Å². The molecule has 3 aliphatic rings. The Morgan fingerprint density at radius 2 is 1.88 bits per heavy atom. The first-order valence-electron chi connectivity index (χ1n) is 11.2. The lowest BCUT2D eigenvalue weighted by Gasteiger charge is -2.44. The zero-order valence-corrected chi connectivity index (χ0v) is 19.1. The van der Waals surface area contributed by atoms with Crippen molar-refractivity contribution in [3.63, 3.8) is 0 Å². The number of benzene rings is 2. The molecule has 1 saturated heterocycles. The van der Waals surface area contributed by atoms with Crippen LogP contribution in [0.5, 0.6) is 0 Å². The third-order valence-corrected chi connectivity index (χ3v) is 7.19. The predicted octanol–water partition coefficient (Wildman–Crippen LogP) is 2.36. The van der Waals surface area contributed by atoms with Gasteiger partial charge in [-0.2, -0.15) is 0 Å². The average molecular weight is 449 g/mol. The van der Waals surface area contributed by atoms with Crippen LogP contribution in [0.3, 0.4) is 0 Å². The first kappa shape index (κ1) is 21.5. The number of carbonyl (C=O) groups is 3. The number of nitrogens with zero attached hydrogens (tertiary/aromatic N) is 2. The first-order chi connectivity index (χ1) is 15.7. The Morgan fingerprint density at radius 3 is 2.52 bits per heavy atom. The number of nitrogens with one attached hydrogen (secondary N) is 2. The van der Waals surface area contributed by atoms with Gasteiger partial charge in [0.2, 0.25) is 5.91 Å². The van der Waals surface area contributed by atoms with Gasteiger partial charge in [0.15, 0.2) is 0 Å². The maximum absolute atomic E-state index is 13.4. The number of fused-ring (bicyclic) bond motifs is 1. The summed E-state index contributed by atoms with van der Waals surface area (Å²) >= 11 is 0. The normalized spacial score (nSPS) is 18.5. The molecule has 2 heterocycles. The fraction of sp³-hybridized carbons (Fsp3) is 0.400. The van der Waals surface area contributed by atoms with Crippen molar-refractivity contribution in [3.05, 3.63) is 58.1 Å². The van der Waals surface area contributed by atoms with Crippen molar-refractivity contribution in [1.29, 1.82) is 0 Å². The van der Waals surface area contributed by atoms with Gasteiger partial charge in [-0.05, 0) is 68.8 Å². The molecule has 2 aromatic rings. The number of hydrogen-bond donors (Lipinski definition) is 3. The second-order valence-corrected chi connectivity index (χ2v) is 9.60. The fourth-order valence-electron chi connectivity index (χ4n) is 4.86. The fourth-order valence-corrected chi connectivity index (χ4v) is 4.86. The molecule has 8 heteroatoms. The van der Waals surface area contributed by atoms with E-state index >= 15 is 0 Å². The van der Waals surface area contributed by atoms with E-state index in [0.717, 1.165) is 42.7 Å². The van der Waals surface area contributed by atoms with Crippen LogP contribution in [0.15, 0.2) is 30.3 Å². The molecule has 0 atom stereocenters. The van der Waals surface area contributed by atoms with Gasteiger partial charge in [0.25, 0.3) is 5.91 Å². The van der Waals surface area contributed by atoms with Crippen molar-refractivity contribution < 1.29 is 19.5 Å². The molecule has 5 rings (SSSR count). The van der Waals surface area contributed by atoms with Gasteiger partial charge in [-0.15, -0.1) is 0 Å². The van der Waals surface area contributed by atoms with E-state index in [9.17, 15) is 19.5 Å². The summed E-state index contributed by atoms with van der Waals surface area (Å²) in [5.41, 5.74) is 3.96. The Balaban J connectivity index is 1.40. The van der Waals surface area contributed by atoms with E-state index in [1.165, 1.54) is 6.07 Å². The molecular formula is C25H28N4O4.